The summed E-state index contributed by atoms with van der Waals surface area (Å²) in [5.41, 5.74) is 1.12. The summed E-state index contributed by atoms with van der Waals surface area (Å²) in [5.74, 6) is 0.892. The van der Waals surface area contributed by atoms with Crippen molar-refractivity contribution < 1.29 is 4.74 Å². The summed E-state index contributed by atoms with van der Waals surface area (Å²) in [6, 6.07) is 5.98. The van der Waals surface area contributed by atoms with Gasteiger partial charge in [0.1, 0.15) is 5.75 Å². The first-order valence-electron chi connectivity index (χ1n) is 4.20. The van der Waals surface area contributed by atoms with Crippen molar-refractivity contribution in [2.45, 2.75) is 4.95 Å². The van der Waals surface area contributed by atoms with Gasteiger partial charge in [0.15, 0.2) is 0 Å². The Morgan fingerprint density at radius 2 is 2.00 bits per heavy atom. The molecule has 0 aliphatic rings. The van der Waals surface area contributed by atoms with Gasteiger partial charge < -0.3 is 4.74 Å². The number of halogens is 2. The molecule has 0 radical (unpaired) electrons. The third-order valence-corrected chi connectivity index (χ3v) is 3.71. The van der Waals surface area contributed by atoms with Gasteiger partial charge in [-0.05, 0) is 32.3 Å². The van der Waals surface area contributed by atoms with Crippen LogP contribution in [0.4, 0.5) is 0 Å². The number of alkyl halides is 1. The molecule has 2 nitrogen and oxygen atoms in total. The van der Waals surface area contributed by atoms with E-state index in [9.17, 15) is 0 Å². The minimum absolute atomic E-state index is 0.162. The number of hydrogen-bond acceptors (Lipinski definition) is 2. The molecular formula is C10H13Br2NO. The maximum absolute atomic E-state index is 5.29. The first-order valence-corrected chi connectivity index (χ1v) is 5.91. The van der Waals surface area contributed by atoms with Crippen molar-refractivity contribution in [1.82, 2.24) is 4.90 Å². The van der Waals surface area contributed by atoms with E-state index in [1.165, 1.54) is 0 Å². The Hall–Kier alpha value is -0.0600. The topological polar surface area (TPSA) is 12.5 Å². The van der Waals surface area contributed by atoms with Gasteiger partial charge in [-0.15, -0.1) is 0 Å². The highest BCUT2D eigenvalue weighted by atomic mass is 79.9. The van der Waals surface area contributed by atoms with Gasteiger partial charge in [-0.25, -0.2) is 0 Å². The third kappa shape index (κ3) is 2.72. The molecule has 0 aliphatic carbocycles. The summed E-state index contributed by atoms with van der Waals surface area (Å²) in [4.78, 5) is 2.24. The molecule has 1 aromatic carbocycles. The van der Waals surface area contributed by atoms with Crippen LogP contribution in [0.25, 0.3) is 0 Å². The molecule has 0 spiro atoms. The van der Waals surface area contributed by atoms with Crippen LogP contribution in [-0.2, 0) is 0 Å². The maximum atomic E-state index is 5.29. The molecule has 0 saturated carbocycles. The lowest BCUT2D eigenvalue weighted by Crippen LogP contribution is -2.15. The van der Waals surface area contributed by atoms with Crippen molar-refractivity contribution in [2.75, 3.05) is 21.2 Å². The van der Waals surface area contributed by atoms with Crippen LogP contribution in [0.3, 0.4) is 0 Å². The minimum Gasteiger partial charge on any atom is -0.496 e. The van der Waals surface area contributed by atoms with Gasteiger partial charge in [0, 0.05) is 10.0 Å². The van der Waals surface area contributed by atoms with Gasteiger partial charge in [-0.1, -0.05) is 31.9 Å². The Kier molecular flexibility index (Phi) is 4.41. The van der Waals surface area contributed by atoms with E-state index in [4.69, 9.17) is 4.74 Å². The first kappa shape index (κ1) is 12.0. The van der Waals surface area contributed by atoms with Gasteiger partial charge in [0.2, 0.25) is 0 Å². The quantitative estimate of drug-likeness (QED) is 0.624. The van der Waals surface area contributed by atoms with Crippen LogP contribution >= 0.6 is 31.9 Å². The van der Waals surface area contributed by atoms with Crippen LogP contribution < -0.4 is 4.74 Å². The fourth-order valence-corrected chi connectivity index (χ4v) is 1.91. The molecule has 0 amide bonds. The zero-order chi connectivity index (χ0) is 10.7. The van der Waals surface area contributed by atoms with E-state index < -0.39 is 0 Å². The summed E-state index contributed by atoms with van der Waals surface area (Å²) in [5, 5.41) is 0. The minimum atomic E-state index is 0.162. The van der Waals surface area contributed by atoms with Crippen molar-refractivity contribution in [3.63, 3.8) is 0 Å². The van der Waals surface area contributed by atoms with Gasteiger partial charge in [-0.3, -0.25) is 4.90 Å². The van der Waals surface area contributed by atoms with E-state index in [0.29, 0.717) is 0 Å². The van der Waals surface area contributed by atoms with Crippen molar-refractivity contribution in [1.29, 1.82) is 0 Å². The molecular weight excluding hydrogens is 310 g/mol. The molecule has 0 bridgehead atoms. The fourth-order valence-electron chi connectivity index (χ4n) is 1.17. The second-order valence-corrected chi connectivity index (χ2v) is 4.97. The monoisotopic (exact) mass is 321 g/mol. The zero-order valence-electron chi connectivity index (χ0n) is 8.42. The van der Waals surface area contributed by atoms with Crippen LogP contribution in [0.2, 0.25) is 0 Å². The number of nitrogens with zero attached hydrogens (tertiary/aromatic N) is 1. The number of rotatable bonds is 3. The van der Waals surface area contributed by atoms with E-state index in [1.54, 1.807) is 7.11 Å². The first-order chi connectivity index (χ1) is 6.56. The van der Waals surface area contributed by atoms with Crippen molar-refractivity contribution in [3.05, 3.63) is 28.2 Å². The summed E-state index contributed by atoms with van der Waals surface area (Å²) in [6.07, 6.45) is 0. The van der Waals surface area contributed by atoms with Gasteiger partial charge in [0.25, 0.3) is 0 Å². The third-order valence-electron chi connectivity index (χ3n) is 1.90. The fraction of sp³-hybridized carbons (Fsp3) is 0.400. The lowest BCUT2D eigenvalue weighted by Gasteiger charge is -2.20. The second kappa shape index (κ2) is 5.14. The number of ether oxygens (including phenoxy) is 1. The van der Waals surface area contributed by atoms with Crippen LogP contribution in [0.15, 0.2) is 22.7 Å². The molecule has 4 heteroatoms. The summed E-state index contributed by atoms with van der Waals surface area (Å²) in [6.45, 7) is 0. The molecule has 1 aromatic rings. The average molecular weight is 323 g/mol. The van der Waals surface area contributed by atoms with Crippen LogP contribution in [0, 0.1) is 0 Å². The van der Waals surface area contributed by atoms with Crippen LogP contribution in [0.5, 0.6) is 5.75 Å². The number of benzene rings is 1. The predicted octanol–water partition coefficient (Wildman–Crippen LogP) is 3.41. The van der Waals surface area contributed by atoms with E-state index in [0.717, 1.165) is 15.8 Å². The smallest absolute Gasteiger partial charge is 0.124 e. The van der Waals surface area contributed by atoms with E-state index >= 15 is 0 Å². The maximum Gasteiger partial charge on any atom is 0.124 e. The highest BCUT2D eigenvalue weighted by Crippen LogP contribution is 2.34. The summed E-state index contributed by atoms with van der Waals surface area (Å²) >= 11 is 7.05. The molecule has 1 rings (SSSR count). The predicted molar refractivity (Wildman–Crippen MR) is 66.0 cm³/mol. The number of methoxy groups -OCH3 is 1. The molecule has 0 aliphatic heterocycles. The van der Waals surface area contributed by atoms with Crippen LogP contribution in [0.1, 0.15) is 10.5 Å². The standard InChI is InChI=1S/C10H13Br2NO/c1-13(2)10(12)8-6-7(11)4-5-9(8)14-3/h4-6,10H,1-3H3. The van der Waals surface area contributed by atoms with Gasteiger partial charge in [0.05, 0.1) is 12.1 Å². The summed E-state index contributed by atoms with van der Waals surface area (Å²) < 4.78 is 6.35. The lowest BCUT2D eigenvalue weighted by atomic mass is 10.2. The molecule has 78 valence electrons. The number of hydrogen-bond donors (Lipinski definition) is 0. The molecule has 0 saturated heterocycles. The molecule has 0 heterocycles. The van der Waals surface area contributed by atoms with Crippen molar-refractivity contribution in [2.24, 2.45) is 0 Å². The normalized spacial score (nSPS) is 13.0. The Bertz CT molecular complexity index is 315. The Labute approximate surface area is 101 Å². The van der Waals surface area contributed by atoms with E-state index in [1.807, 2.05) is 26.2 Å². The average Bonchev–Trinajstić information content (AvgIpc) is 2.16. The van der Waals surface area contributed by atoms with E-state index in [-0.39, 0.29) is 4.95 Å². The molecule has 0 N–H and O–H groups in total. The molecule has 0 fully saturated rings. The SMILES string of the molecule is COc1ccc(Br)cc1C(Br)N(C)C. The Morgan fingerprint density at radius 3 is 2.50 bits per heavy atom. The molecule has 0 aromatic heterocycles. The second-order valence-electron chi connectivity index (χ2n) is 3.19. The van der Waals surface area contributed by atoms with Crippen molar-refractivity contribution >= 4 is 31.9 Å². The highest BCUT2D eigenvalue weighted by molar-refractivity contribution is 9.10. The Balaban J connectivity index is 3.10. The van der Waals surface area contributed by atoms with Gasteiger partial charge >= 0.3 is 0 Å². The Morgan fingerprint density at radius 1 is 1.36 bits per heavy atom. The molecule has 14 heavy (non-hydrogen) atoms. The van der Waals surface area contributed by atoms with E-state index in [2.05, 4.69) is 42.8 Å². The highest BCUT2D eigenvalue weighted by Gasteiger charge is 2.14. The largest absolute Gasteiger partial charge is 0.496 e. The molecule has 1 unspecified atom stereocenters. The van der Waals surface area contributed by atoms with Gasteiger partial charge in [-0.2, -0.15) is 0 Å². The summed E-state index contributed by atoms with van der Waals surface area (Å²) in [7, 11) is 5.71. The molecule has 1 atom stereocenters. The van der Waals surface area contributed by atoms with Crippen molar-refractivity contribution in [3.8, 4) is 5.75 Å². The van der Waals surface area contributed by atoms with Crippen LogP contribution in [-0.4, -0.2) is 26.1 Å². The lowest BCUT2D eigenvalue weighted by molar-refractivity contribution is 0.369. The zero-order valence-corrected chi connectivity index (χ0v) is 11.6.